The first-order chi connectivity index (χ1) is 14.2. The highest BCUT2D eigenvalue weighted by atomic mass is 15.5. The minimum atomic E-state index is 0.558. The number of hydrogen-bond acceptors (Lipinski definition) is 6. The van der Waals surface area contributed by atoms with Gasteiger partial charge in [0.1, 0.15) is 12.1 Å². The molecule has 144 valence electrons. The number of aryl methyl sites for hydroxylation is 1. The number of rotatable bonds is 5. The van der Waals surface area contributed by atoms with Crippen LogP contribution in [0.5, 0.6) is 0 Å². The zero-order valence-electron chi connectivity index (χ0n) is 16.1. The van der Waals surface area contributed by atoms with Gasteiger partial charge < -0.3 is 9.47 Å². The molecule has 0 spiro atoms. The van der Waals surface area contributed by atoms with Crippen LogP contribution in [0.3, 0.4) is 0 Å². The van der Waals surface area contributed by atoms with Crippen molar-refractivity contribution < 1.29 is 0 Å². The van der Waals surface area contributed by atoms with Crippen molar-refractivity contribution in [1.82, 2.24) is 39.6 Å². The number of tetrazole rings is 1. The number of nitrogens with one attached hydrogen (secondary N) is 1. The van der Waals surface area contributed by atoms with Crippen molar-refractivity contribution in [3.05, 3.63) is 66.9 Å². The maximum Gasteiger partial charge on any atom is 0.221 e. The van der Waals surface area contributed by atoms with Crippen LogP contribution in [-0.2, 0) is 6.42 Å². The van der Waals surface area contributed by atoms with Gasteiger partial charge in [0.05, 0.1) is 11.9 Å². The zero-order chi connectivity index (χ0) is 19.8. The van der Waals surface area contributed by atoms with Gasteiger partial charge in [-0.15, -0.1) is 10.2 Å². The Morgan fingerprint density at radius 2 is 2.00 bits per heavy atom. The van der Waals surface area contributed by atoms with Gasteiger partial charge in [-0.25, -0.2) is 9.97 Å². The Balaban J connectivity index is 1.50. The summed E-state index contributed by atoms with van der Waals surface area (Å²) in [5.41, 5.74) is 4.84. The molecule has 0 bridgehead atoms. The third-order valence-electron chi connectivity index (χ3n) is 4.96. The van der Waals surface area contributed by atoms with Crippen molar-refractivity contribution in [1.29, 1.82) is 0 Å². The molecule has 0 fully saturated rings. The maximum absolute atomic E-state index is 4.62. The fraction of sp³-hybridized carbons (Fsp3) is 0.150. The molecule has 0 saturated carbocycles. The summed E-state index contributed by atoms with van der Waals surface area (Å²) in [6.07, 6.45) is 6.42. The molecule has 0 radical (unpaired) electrons. The molecule has 0 atom stereocenters. The van der Waals surface area contributed by atoms with Crippen LogP contribution in [-0.4, -0.2) is 46.6 Å². The number of nitrogens with zero attached hydrogens (tertiary/aromatic N) is 8. The molecule has 5 rings (SSSR count). The number of aromatic nitrogens is 8. The van der Waals surface area contributed by atoms with Crippen molar-refractivity contribution in [3.8, 4) is 17.2 Å². The monoisotopic (exact) mass is 385 g/mol. The Morgan fingerprint density at radius 1 is 1.14 bits per heavy atom. The molecule has 9 heteroatoms. The molecule has 0 aliphatic carbocycles. The van der Waals surface area contributed by atoms with E-state index in [4.69, 9.17) is 0 Å². The summed E-state index contributed by atoms with van der Waals surface area (Å²) in [5.74, 6) is 1.58. The van der Waals surface area contributed by atoms with Crippen LogP contribution in [0.4, 0.5) is 11.5 Å². The van der Waals surface area contributed by atoms with Crippen molar-refractivity contribution in [3.63, 3.8) is 0 Å². The van der Waals surface area contributed by atoms with Gasteiger partial charge in [0, 0.05) is 36.4 Å². The van der Waals surface area contributed by atoms with Crippen molar-refractivity contribution >= 4 is 17.2 Å². The number of imidazole rings is 1. The predicted octanol–water partition coefficient (Wildman–Crippen LogP) is 3.03. The van der Waals surface area contributed by atoms with E-state index in [-0.39, 0.29) is 0 Å². The summed E-state index contributed by atoms with van der Waals surface area (Å²) >= 11 is 0. The summed E-state index contributed by atoms with van der Waals surface area (Å²) in [5, 5.41) is 14.3. The molecule has 9 nitrogen and oxygen atoms in total. The average molecular weight is 385 g/mol. The van der Waals surface area contributed by atoms with Gasteiger partial charge in [0.25, 0.3) is 0 Å². The van der Waals surface area contributed by atoms with E-state index >= 15 is 0 Å². The summed E-state index contributed by atoms with van der Waals surface area (Å²) < 4.78 is 4.03. The van der Waals surface area contributed by atoms with Gasteiger partial charge in [-0.2, -0.15) is 5.21 Å². The standard InChI is InChI=1S/C20H19N9/c1-3-14-11-19(29-13-21-12-18(29)22-14)27(2)15-6-8-16(9-7-15)28-10-4-5-17(28)20-23-25-26-24-20/h4-13H,3H2,1-2H3,(H,23,24,25,26). The van der Waals surface area contributed by atoms with E-state index in [2.05, 4.69) is 72.7 Å². The lowest BCUT2D eigenvalue weighted by Crippen LogP contribution is -2.14. The lowest BCUT2D eigenvalue weighted by atomic mass is 10.2. The van der Waals surface area contributed by atoms with Crippen molar-refractivity contribution in [2.75, 3.05) is 11.9 Å². The third kappa shape index (κ3) is 2.92. The first-order valence-electron chi connectivity index (χ1n) is 9.32. The molecule has 5 aromatic rings. The van der Waals surface area contributed by atoms with E-state index < -0.39 is 0 Å². The molecule has 4 aromatic heterocycles. The number of anilines is 2. The van der Waals surface area contributed by atoms with Gasteiger partial charge in [-0.05, 0) is 48.0 Å². The SMILES string of the molecule is CCc1cc(N(C)c2ccc(-n3cccc3-c3nn[nH]n3)cc2)n2cncc2n1. The van der Waals surface area contributed by atoms with Crippen LogP contribution in [0, 0.1) is 0 Å². The number of hydrogen-bond donors (Lipinski definition) is 1. The van der Waals surface area contributed by atoms with Gasteiger partial charge >= 0.3 is 0 Å². The first kappa shape index (κ1) is 17.1. The highest BCUT2D eigenvalue weighted by Crippen LogP contribution is 2.27. The van der Waals surface area contributed by atoms with Crippen molar-refractivity contribution in [2.24, 2.45) is 0 Å². The van der Waals surface area contributed by atoms with Gasteiger partial charge in [0.15, 0.2) is 5.65 Å². The second-order valence-electron chi connectivity index (χ2n) is 6.66. The Bertz CT molecular complexity index is 1250. The zero-order valence-corrected chi connectivity index (χ0v) is 16.1. The number of fused-ring (bicyclic) bond motifs is 1. The van der Waals surface area contributed by atoms with Gasteiger partial charge in [-0.1, -0.05) is 6.92 Å². The largest absolute Gasteiger partial charge is 0.330 e. The van der Waals surface area contributed by atoms with Crippen LogP contribution in [0.25, 0.3) is 22.9 Å². The lowest BCUT2D eigenvalue weighted by molar-refractivity contribution is 0.881. The Morgan fingerprint density at radius 3 is 2.76 bits per heavy atom. The highest BCUT2D eigenvalue weighted by Gasteiger charge is 2.13. The van der Waals surface area contributed by atoms with Crippen LogP contribution < -0.4 is 4.90 Å². The second kappa shape index (κ2) is 6.86. The number of H-pyrrole nitrogens is 1. The fourth-order valence-corrected chi connectivity index (χ4v) is 3.41. The predicted molar refractivity (Wildman–Crippen MR) is 109 cm³/mol. The third-order valence-corrected chi connectivity index (χ3v) is 4.96. The topological polar surface area (TPSA) is 92.8 Å². The Hall–Kier alpha value is -4.01. The van der Waals surface area contributed by atoms with Gasteiger partial charge in [0.2, 0.25) is 5.82 Å². The number of benzene rings is 1. The van der Waals surface area contributed by atoms with E-state index in [1.807, 2.05) is 34.3 Å². The molecule has 0 amide bonds. The molecular weight excluding hydrogens is 366 g/mol. The Kier molecular flexibility index (Phi) is 4.05. The van der Waals surface area contributed by atoms with E-state index in [1.54, 1.807) is 12.5 Å². The van der Waals surface area contributed by atoms with E-state index in [0.717, 1.165) is 40.6 Å². The summed E-state index contributed by atoms with van der Waals surface area (Å²) in [4.78, 5) is 11.0. The molecule has 1 aromatic carbocycles. The van der Waals surface area contributed by atoms with Crippen LogP contribution in [0.15, 0.2) is 61.2 Å². The normalized spacial score (nSPS) is 11.2. The average Bonchev–Trinajstić information content (AvgIpc) is 3.53. The van der Waals surface area contributed by atoms with E-state index in [0.29, 0.717) is 5.82 Å². The van der Waals surface area contributed by atoms with Crippen LogP contribution in [0.2, 0.25) is 0 Å². The minimum absolute atomic E-state index is 0.558. The smallest absolute Gasteiger partial charge is 0.221 e. The maximum atomic E-state index is 4.62. The van der Waals surface area contributed by atoms with Gasteiger partial charge in [-0.3, -0.25) is 4.40 Å². The first-order valence-corrected chi connectivity index (χ1v) is 9.32. The molecule has 0 aliphatic heterocycles. The summed E-state index contributed by atoms with van der Waals surface area (Å²) in [6.45, 7) is 2.10. The quantitative estimate of drug-likeness (QED) is 0.500. The Labute approximate surface area is 166 Å². The molecular formula is C20H19N9. The molecule has 0 unspecified atom stereocenters. The summed E-state index contributed by atoms with van der Waals surface area (Å²) in [7, 11) is 2.05. The molecule has 29 heavy (non-hydrogen) atoms. The van der Waals surface area contributed by atoms with Crippen LogP contribution >= 0.6 is 0 Å². The number of aromatic amines is 1. The summed E-state index contributed by atoms with van der Waals surface area (Å²) in [6, 6.07) is 14.3. The van der Waals surface area contributed by atoms with Crippen LogP contribution in [0.1, 0.15) is 12.6 Å². The molecule has 0 aliphatic rings. The molecule has 0 saturated heterocycles. The molecule has 4 heterocycles. The molecule has 1 N–H and O–H groups in total. The van der Waals surface area contributed by atoms with E-state index in [1.165, 1.54) is 0 Å². The highest BCUT2D eigenvalue weighted by molar-refractivity contribution is 5.64. The lowest BCUT2D eigenvalue weighted by Gasteiger charge is -2.22. The van der Waals surface area contributed by atoms with E-state index in [9.17, 15) is 0 Å². The second-order valence-corrected chi connectivity index (χ2v) is 6.66. The minimum Gasteiger partial charge on any atom is -0.330 e. The van der Waals surface area contributed by atoms with Crippen molar-refractivity contribution in [2.45, 2.75) is 13.3 Å². The fourth-order valence-electron chi connectivity index (χ4n) is 3.41.